The maximum atomic E-state index is 14.5. The van der Waals surface area contributed by atoms with Crippen molar-refractivity contribution in [1.29, 1.82) is 0 Å². The Hall–Kier alpha value is -0.493. The molecule has 1 aromatic rings. The molecule has 0 radical (unpaired) electrons. The van der Waals surface area contributed by atoms with Crippen LogP contribution in [0, 0.1) is 17.8 Å². The van der Waals surface area contributed by atoms with Crippen LogP contribution < -0.4 is 5.30 Å². The van der Waals surface area contributed by atoms with Crippen LogP contribution in [0.5, 0.6) is 0 Å². The summed E-state index contributed by atoms with van der Waals surface area (Å²) < 4.78 is 39.2. The van der Waals surface area contributed by atoms with E-state index in [9.17, 15) is 4.57 Å². The van der Waals surface area contributed by atoms with Crippen LogP contribution in [0.2, 0.25) is 6.04 Å². The van der Waals surface area contributed by atoms with E-state index in [-0.39, 0.29) is 6.10 Å². The maximum Gasteiger partial charge on any atom is 0.501 e. The molecular weight excluding hydrogens is 427 g/mol. The number of rotatable bonds is 13. The summed E-state index contributed by atoms with van der Waals surface area (Å²) in [5.41, 5.74) is 0. The van der Waals surface area contributed by atoms with Crippen LogP contribution in [0.15, 0.2) is 30.3 Å². The van der Waals surface area contributed by atoms with Gasteiger partial charge in [-0.05, 0) is 63.5 Å². The lowest BCUT2D eigenvalue weighted by molar-refractivity contribution is 0.0489. The first kappa shape index (κ1) is 26.8. The summed E-state index contributed by atoms with van der Waals surface area (Å²) in [6.45, 7) is 14.2. The molecule has 0 amide bonds. The molecule has 4 atom stereocenters. The SMILES string of the molecule is CCO[Si](CCP(=O)(O[C@@H]1C[C@H](C)CC[C@H]1C(C)C)c1ccccc1)(OCC)OCC. The zero-order valence-electron chi connectivity index (χ0n) is 20.3. The van der Waals surface area contributed by atoms with E-state index in [1.165, 1.54) is 6.42 Å². The predicted molar refractivity (Wildman–Crippen MR) is 130 cm³/mol. The van der Waals surface area contributed by atoms with Crippen molar-refractivity contribution in [2.24, 2.45) is 17.8 Å². The molecule has 1 saturated carbocycles. The Labute approximate surface area is 191 Å². The molecule has 0 aromatic heterocycles. The van der Waals surface area contributed by atoms with Crippen LogP contribution in [0.1, 0.15) is 60.8 Å². The van der Waals surface area contributed by atoms with Gasteiger partial charge in [-0.2, -0.15) is 0 Å². The molecule has 31 heavy (non-hydrogen) atoms. The number of hydrogen-bond donors (Lipinski definition) is 0. The van der Waals surface area contributed by atoms with Crippen molar-refractivity contribution in [2.75, 3.05) is 26.0 Å². The average molecular weight is 471 g/mol. The van der Waals surface area contributed by atoms with Gasteiger partial charge in [-0.1, -0.05) is 45.4 Å². The van der Waals surface area contributed by atoms with E-state index in [2.05, 4.69) is 20.8 Å². The van der Waals surface area contributed by atoms with Crippen molar-refractivity contribution >= 4 is 21.5 Å². The topological polar surface area (TPSA) is 54.0 Å². The molecule has 1 aliphatic carbocycles. The normalized spacial score (nSPS) is 24.3. The summed E-state index contributed by atoms with van der Waals surface area (Å²) in [6.07, 6.45) is 3.70. The Bertz CT molecular complexity index is 667. The second kappa shape index (κ2) is 12.7. The maximum absolute atomic E-state index is 14.5. The van der Waals surface area contributed by atoms with Gasteiger partial charge in [0, 0.05) is 37.3 Å². The highest BCUT2D eigenvalue weighted by molar-refractivity contribution is 7.67. The Balaban J connectivity index is 2.32. The molecule has 7 heteroatoms. The van der Waals surface area contributed by atoms with Gasteiger partial charge in [-0.3, -0.25) is 4.57 Å². The zero-order valence-corrected chi connectivity index (χ0v) is 22.2. The van der Waals surface area contributed by atoms with Gasteiger partial charge in [0.15, 0.2) is 0 Å². The second-order valence-corrected chi connectivity index (χ2v) is 14.2. The summed E-state index contributed by atoms with van der Waals surface area (Å²) in [6, 6.07) is 10.2. The first-order valence-electron chi connectivity index (χ1n) is 12.0. The number of hydrogen-bond acceptors (Lipinski definition) is 5. The Kier molecular flexibility index (Phi) is 10.9. The standard InChI is InChI=1S/C24H43O5PSi/c1-7-26-31(27-8-2,28-9-3)18-17-30(25,22-13-11-10-12-14-22)29-24-19-21(6)15-16-23(24)20(4)5/h10-14,20-21,23-24H,7-9,15-19H2,1-6H3/t21-,23+,24-,30?/m1/s1. The molecule has 0 spiro atoms. The Morgan fingerprint density at radius 3 is 2.10 bits per heavy atom. The molecule has 0 saturated heterocycles. The van der Waals surface area contributed by atoms with Crippen molar-refractivity contribution in [3.8, 4) is 0 Å². The van der Waals surface area contributed by atoms with Crippen LogP contribution in [-0.2, 0) is 22.4 Å². The van der Waals surface area contributed by atoms with Gasteiger partial charge in [0.1, 0.15) is 0 Å². The second-order valence-electron chi connectivity index (χ2n) is 8.93. The van der Waals surface area contributed by atoms with Crippen molar-refractivity contribution in [3.63, 3.8) is 0 Å². The monoisotopic (exact) mass is 470 g/mol. The molecule has 178 valence electrons. The van der Waals surface area contributed by atoms with E-state index < -0.39 is 16.2 Å². The average Bonchev–Trinajstić information content (AvgIpc) is 2.73. The van der Waals surface area contributed by atoms with Crippen LogP contribution in [0.3, 0.4) is 0 Å². The minimum absolute atomic E-state index is 0.0112. The van der Waals surface area contributed by atoms with Crippen molar-refractivity contribution < 1.29 is 22.4 Å². The first-order valence-corrected chi connectivity index (χ1v) is 15.8. The van der Waals surface area contributed by atoms with Crippen LogP contribution in [0.25, 0.3) is 0 Å². The van der Waals surface area contributed by atoms with Gasteiger partial charge in [0.05, 0.1) is 6.10 Å². The smallest absolute Gasteiger partial charge is 0.374 e. The van der Waals surface area contributed by atoms with Crippen LogP contribution in [0.4, 0.5) is 0 Å². The van der Waals surface area contributed by atoms with E-state index in [0.717, 1.165) is 18.1 Å². The zero-order chi connectivity index (χ0) is 22.9. The molecule has 0 heterocycles. The van der Waals surface area contributed by atoms with E-state index in [1.807, 2.05) is 51.1 Å². The molecule has 5 nitrogen and oxygen atoms in total. The highest BCUT2D eigenvalue weighted by Crippen LogP contribution is 2.52. The predicted octanol–water partition coefficient (Wildman–Crippen LogP) is 6.12. The molecule has 1 aromatic carbocycles. The summed E-state index contributed by atoms with van der Waals surface area (Å²) in [5.74, 6) is 1.53. The molecular formula is C24H43O5PSi. The first-order chi connectivity index (χ1) is 14.8. The number of benzene rings is 1. The van der Waals surface area contributed by atoms with E-state index in [0.29, 0.717) is 49.8 Å². The van der Waals surface area contributed by atoms with Gasteiger partial charge in [0.25, 0.3) is 0 Å². The fraction of sp³-hybridized carbons (Fsp3) is 0.750. The van der Waals surface area contributed by atoms with Gasteiger partial charge >= 0.3 is 8.80 Å². The van der Waals surface area contributed by atoms with Gasteiger partial charge in [-0.15, -0.1) is 0 Å². The van der Waals surface area contributed by atoms with E-state index in [1.54, 1.807) is 0 Å². The molecule has 1 aliphatic rings. The van der Waals surface area contributed by atoms with Crippen LogP contribution >= 0.6 is 7.37 Å². The van der Waals surface area contributed by atoms with Crippen molar-refractivity contribution in [1.82, 2.24) is 0 Å². The fourth-order valence-electron chi connectivity index (χ4n) is 4.64. The third kappa shape index (κ3) is 7.51. The minimum Gasteiger partial charge on any atom is -0.374 e. The lowest BCUT2D eigenvalue weighted by atomic mass is 9.75. The Morgan fingerprint density at radius 2 is 1.58 bits per heavy atom. The largest absolute Gasteiger partial charge is 0.501 e. The molecule has 1 fully saturated rings. The quantitative estimate of drug-likeness (QED) is 0.257. The summed E-state index contributed by atoms with van der Waals surface area (Å²) >= 11 is 0. The van der Waals surface area contributed by atoms with Gasteiger partial charge in [-0.25, -0.2) is 0 Å². The van der Waals surface area contributed by atoms with Gasteiger partial charge in [0.2, 0.25) is 7.37 Å². The fourth-order valence-corrected chi connectivity index (χ4v) is 10.7. The molecule has 0 aliphatic heterocycles. The van der Waals surface area contributed by atoms with Gasteiger partial charge < -0.3 is 17.8 Å². The lowest BCUT2D eigenvalue weighted by Crippen LogP contribution is -2.47. The van der Waals surface area contributed by atoms with E-state index in [4.69, 9.17) is 17.8 Å². The van der Waals surface area contributed by atoms with Crippen molar-refractivity contribution in [3.05, 3.63) is 30.3 Å². The third-order valence-corrected chi connectivity index (χ3v) is 12.2. The van der Waals surface area contributed by atoms with E-state index >= 15 is 0 Å². The third-order valence-electron chi connectivity index (χ3n) is 6.22. The summed E-state index contributed by atoms with van der Waals surface area (Å²) in [7, 11) is -6.02. The molecule has 0 N–H and O–H groups in total. The Morgan fingerprint density at radius 1 is 1.00 bits per heavy atom. The highest BCUT2D eigenvalue weighted by Gasteiger charge is 2.45. The molecule has 0 bridgehead atoms. The molecule has 1 unspecified atom stereocenters. The summed E-state index contributed by atoms with van der Waals surface area (Å²) in [5, 5.41) is 0.781. The van der Waals surface area contributed by atoms with Crippen LogP contribution in [-0.4, -0.2) is 40.9 Å². The molecule has 2 rings (SSSR count). The lowest BCUT2D eigenvalue weighted by Gasteiger charge is -2.39. The highest BCUT2D eigenvalue weighted by atomic mass is 31.2. The summed E-state index contributed by atoms with van der Waals surface area (Å²) in [4.78, 5) is 0. The van der Waals surface area contributed by atoms with Crippen molar-refractivity contribution in [2.45, 2.75) is 73.0 Å². The minimum atomic E-state index is -3.12.